The van der Waals surface area contributed by atoms with E-state index in [1.807, 2.05) is 13.0 Å². The van der Waals surface area contributed by atoms with Gasteiger partial charge in [0.2, 0.25) is 11.8 Å². The molecule has 1 aliphatic carbocycles. The van der Waals surface area contributed by atoms with Crippen molar-refractivity contribution in [1.29, 1.82) is 0 Å². The number of rotatable bonds is 7. The van der Waals surface area contributed by atoms with Gasteiger partial charge in [0.25, 0.3) is 0 Å². The SMILES string of the molecule is Cc1cc(OCC2CCC2CC(C)(C)C)ncc1C1=CC(C(=O)Nc2c(F)cncc2F)NN1C. The highest BCUT2D eigenvalue weighted by atomic mass is 19.1. The summed E-state index contributed by atoms with van der Waals surface area (Å²) in [6.07, 6.45) is 8.78. The van der Waals surface area contributed by atoms with E-state index >= 15 is 0 Å². The van der Waals surface area contributed by atoms with E-state index in [4.69, 9.17) is 4.74 Å². The number of anilines is 1. The molecule has 1 fully saturated rings. The molecule has 4 rings (SSSR count). The molecule has 0 radical (unpaired) electrons. The van der Waals surface area contributed by atoms with Crippen LogP contribution in [0.1, 0.15) is 51.2 Å². The second-order valence-electron chi connectivity index (χ2n) is 10.7. The zero-order valence-corrected chi connectivity index (χ0v) is 20.9. The van der Waals surface area contributed by atoms with E-state index in [0.717, 1.165) is 29.2 Å². The Morgan fingerprint density at radius 3 is 2.49 bits per heavy atom. The maximum Gasteiger partial charge on any atom is 0.247 e. The fourth-order valence-corrected chi connectivity index (χ4v) is 4.70. The lowest BCUT2D eigenvalue weighted by atomic mass is 9.67. The van der Waals surface area contributed by atoms with Gasteiger partial charge in [0.1, 0.15) is 11.7 Å². The predicted molar refractivity (Wildman–Crippen MR) is 130 cm³/mol. The van der Waals surface area contributed by atoms with Gasteiger partial charge in [-0.3, -0.25) is 9.78 Å². The second kappa shape index (κ2) is 9.89. The fourth-order valence-electron chi connectivity index (χ4n) is 4.70. The van der Waals surface area contributed by atoms with Crippen molar-refractivity contribution in [3.63, 3.8) is 0 Å². The number of amides is 1. The largest absolute Gasteiger partial charge is 0.477 e. The van der Waals surface area contributed by atoms with Gasteiger partial charge in [-0.15, -0.1) is 0 Å². The van der Waals surface area contributed by atoms with Crippen molar-refractivity contribution in [2.24, 2.45) is 17.3 Å². The molecule has 9 heteroatoms. The number of hydrogen-bond donors (Lipinski definition) is 2. The van der Waals surface area contributed by atoms with Crippen LogP contribution in [-0.2, 0) is 4.79 Å². The van der Waals surface area contributed by atoms with Crippen LogP contribution in [0.15, 0.2) is 30.7 Å². The first-order valence-corrected chi connectivity index (χ1v) is 11.9. The molecule has 1 saturated carbocycles. The number of nitrogens with one attached hydrogen (secondary N) is 2. The molecular formula is C26H33F2N5O2. The molecule has 2 aromatic heterocycles. The van der Waals surface area contributed by atoms with E-state index in [-0.39, 0.29) is 0 Å². The molecule has 1 amide bonds. The zero-order chi connectivity index (χ0) is 25.3. The molecule has 2 aliphatic rings. The van der Waals surface area contributed by atoms with Crippen LogP contribution in [0.4, 0.5) is 14.5 Å². The number of halogens is 2. The summed E-state index contributed by atoms with van der Waals surface area (Å²) in [5.41, 5.74) is 5.31. The highest BCUT2D eigenvalue weighted by molar-refractivity contribution is 5.98. The summed E-state index contributed by atoms with van der Waals surface area (Å²) >= 11 is 0. The van der Waals surface area contributed by atoms with Gasteiger partial charge < -0.3 is 15.1 Å². The van der Waals surface area contributed by atoms with Crippen LogP contribution in [0.2, 0.25) is 0 Å². The Labute approximate surface area is 205 Å². The minimum absolute atomic E-state index is 0.324. The molecule has 0 bridgehead atoms. The molecule has 0 spiro atoms. The number of hydrogen-bond acceptors (Lipinski definition) is 6. The van der Waals surface area contributed by atoms with E-state index in [1.165, 1.54) is 19.3 Å². The quantitative estimate of drug-likeness (QED) is 0.592. The van der Waals surface area contributed by atoms with Gasteiger partial charge >= 0.3 is 0 Å². The Bertz CT molecular complexity index is 1110. The molecule has 3 heterocycles. The Balaban J connectivity index is 1.40. The zero-order valence-electron chi connectivity index (χ0n) is 20.9. The van der Waals surface area contributed by atoms with Crippen molar-refractivity contribution in [3.05, 3.63) is 53.5 Å². The van der Waals surface area contributed by atoms with Crippen molar-refractivity contribution in [2.45, 2.75) is 53.0 Å². The average Bonchev–Trinajstić information content (AvgIpc) is 3.15. The number of nitrogens with zero attached hydrogens (tertiary/aromatic N) is 3. The summed E-state index contributed by atoms with van der Waals surface area (Å²) in [7, 11) is 1.77. The standard InChI is InChI=1S/C26H33F2N5O2/c1-15-8-23(35-14-17-7-6-16(17)10-26(2,3)4)30-11-18(15)22-9-21(32-33(22)5)25(34)31-24-19(27)12-29-13-20(24)28/h8-9,11-13,16-17,21,32H,6-7,10,14H2,1-5H3,(H,29,31,34). The van der Waals surface area contributed by atoms with Crippen LogP contribution < -0.4 is 15.5 Å². The smallest absolute Gasteiger partial charge is 0.247 e. The molecule has 2 N–H and O–H groups in total. The number of carbonyl (C=O) groups excluding carboxylic acids is 1. The Kier molecular flexibility index (Phi) is 7.07. The molecule has 1 aliphatic heterocycles. The van der Waals surface area contributed by atoms with Gasteiger partial charge in [-0.25, -0.2) is 19.2 Å². The van der Waals surface area contributed by atoms with Crippen LogP contribution in [0.25, 0.3) is 5.70 Å². The number of aryl methyl sites for hydroxylation is 1. The average molecular weight is 486 g/mol. The second-order valence-corrected chi connectivity index (χ2v) is 10.7. The molecule has 0 aromatic carbocycles. The van der Waals surface area contributed by atoms with Gasteiger partial charge in [-0.1, -0.05) is 20.8 Å². The number of carbonyl (C=O) groups is 1. The maximum absolute atomic E-state index is 13.9. The highest BCUT2D eigenvalue weighted by Gasteiger charge is 2.34. The highest BCUT2D eigenvalue weighted by Crippen LogP contribution is 2.42. The van der Waals surface area contributed by atoms with Crippen LogP contribution in [0.3, 0.4) is 0 Å². The molecule has 0 saturated heterocycles. The number of hydrazine groups is 1. The van der Waals surface area contributed by atoms with Crippen molar-refractivity contribution >= 4 is 17.3 Å². The Hall–Kier alpha value is -3.07. The van der Waals surface area contributed by atoms with E-state index in [9.17, 15) is 13.6 Å². The van der Waals surface area contributed by atoms with Crippen molar-refractivity contribution in [2.75, 3.05) is 19.0 Å². The van der Waals surface area contributed by atoms with Gasteiger partial charge in [-0.2, -0.15) is 0 Å². The van der Waals surface area contributed by atoms with Crippen molar-refractivity contribution in [3.8, 4) is 5.88 Å². The van der Waals surface area contributed by atoms with Crippen LogP contribution in [0, 0.1) is 35.8 Å². The first-order chi connectivity index (χ1) is 16.5. The molecule has 7 nitrogen and oxygen atoms in total. The predicted octanol–water partition coefficient (Wildman–Crippen LogP) is 4.70. The number of pyridine rings is 2. The van der Waals surface area contributed by atoms with Gasteiger partial charge in [0, 0.05) is 24.9 Å². The van der Waals surface area contributed by atoms with Crippen LogP contribution in [-0.4, -0.2) is 40.6 Å². The lowest BCUT2D eigenvalue weighted by Gasteiger charge is -2.40. The van der Waals surface area contributed by atoms with E-state index < -0.39 is 29.3 Å². The number of ether oxygens (including phenoxy) is 1. The summed E-state index contributed by atoms with van der Waals surface area (Å²) in [6.45, 7) is 9.46. The fraction of sp³-hybridized carbons (Fsp3) is 0.500. The van der Waals surface area contributed by atoms with Crippen molar-refractivity contribution < 1.29 is 18.3 Å². The molecule has 2 aromatic rings. The summed E-state index contributed by atoms with van der Waals surface area (Å²) in [4.78, 5) is 20.6. The molecular weight excluding hydrogens is 452 g/mol. The van der Waals surface area contributed by atoms with Crippen molar-refractivity contribution in [1.82, 2.24) is 20.4 Å². The lowest BCUT2D eigenvalue weighted by molar-refractivity contribution is -0.117. The molecule has 35 heavy (non-hydrogen) atoms. The molecule has 3 unspecified atom stereocenters. The van der Waals surface area contributed by atoms with Crippen LogP contribution in [0.5, 0.6) is 5.88 Å². The lowest BCUT2D eigenvalue weighted by Crippen LogP contribution is -2.41. The first-order valence-electron chi connectivity index (χ1n) is 11.9. The van der Waals surface area contributed by atoms with Gasteiger partial charge in [0.15, 0.2) is 11.6 Å². The molecule has 3 atom stereocenters. The third-order valence-corrected chi connectivity index (χ3v) is 6.66. The monoisotopic (exact) mass is 485 g/mol. The summed E-state index contributed by atoms with van der Waals surface area (Å²) in [5.74, 6) is -0.604. The third kappa shape index (κ3) is 5.78. The number of aromatic nitrogens is 2. The van der Waals surface area contributed by atoms with Gasteiger partial charge in [0.05, 0.1) is 24.7 Å². The minimum Gasteiger partial charge on any atom is -0.477 e. The van der Waals surface area contributed by atoms with Crippen LogP contribution >= 0.6 is 0 Å². The maximum atomic E-state index is 13.9. The van der Waals surface area contributed by atoms with Gasteiger partial charge in [-0.05, 0) is 55.1 Å². The normalized spacial score (nSPS) is 22.0. The van der Waals surface area contributed by atoms with E-state index in [1.54, 1.807) is 24.3 Å². The van der Waals surface area contributed by atoms with E-state index in [0.29, 0.717) is 29.7 Å². The minimum atomic E-state index is -0.934. The summed E-state index contributed by atoms with van der Waals surface area (Å²) in [6, 6.07) is 1.09. The summed E-state index contributed by atoms with van der Waals surface area (Å²) < 4.78 is 33.7. The Morgan fingerprint density at radius 2 is 1.89 bits per heavy atom. The first kappa shape index (κ1) is 25.0. The Morgan fingerprint density at radius 1 is 1.20 bits per heavy atom. The third-order valence-electron chi connectivity index (χ3n) is 6.66. The topological polar surface area (TPSA) is 79.4 Å². The van der Waals surface area contributed by atoms with E-state index in [2.05, 4.69) is 41.5 Å². The molecule has 188 valence electrons. The summed E-state index contributed by atoms with van der Waals surface area (Å²) in [5, 5.41) is 3.99.